The minimum Gasteiger partial charge on any atom is -0.481 e. The minimum absolute atomic E-state index is 0.00543. The lowest BCUT2D eigenvalue weighted by molar-refractivity contribution is -0.137. The number of ketones is 1. The Hall–Kier alpha value is -1.46. The van der Waals surface area contributed by atoms with Crippen molar-refractivity contribution in [2.45, 2.75) is 76.9 Å². The molecule has 0 aromatic rings. The van der Waals surface area contributed by atoms with E-state index in [0.29, 0.717) is 19.3 Å². The zero-order valence-electron chi connectivity index (χ0n) is 15.1. The first-order valence-corrected chi connectivity index (χ1v) is 9.39. The van der Waals surface area contributed by atoms with Gasteiger partial charge in [0.15, 0.2) is 0 Å². The lowest BCUT2D eigenvalue weighted by Gasteiger charge is -2.17. The molecule has 1 saturated carbocycles. The summed E-state index contributed by atoms with van der Waals surface area (Å²) in [7, 11) is 0. The van der Waals surface area contributed by atoms with Gasteiger partial charge in [0.2, 0.25) is 0 Å². The van der Waals surface area contributed by atoms with Crippen molar-refractivity contribution in [3.63, 3.8) is 0 Å². The predicted molar refractivity (Wildman–Crippen MR) is 97.1 cm³/mol. The molecule has 0 aromatic carbocycles. The first-order valence-electron chi connectivity index (χ1n) is 9.39. The van der Waals surface area contributed by atoms with Gasteiger partial charge in [0.25, 0.3) is 0 Å². The number of Topliss-reactive ketones (excluding diaryl/α,β-unsaturated/α-hetero) is 1. The van der Waals surface area contributed by atoms with E-state index in [1.165, 1.54) is 12.8 Å². The fourth-order valence-corrected chi connectivity index (χ4v) is 3.22. The van der Waals surface area contributed by atoms with Crippen molar-refractivity contribution in [2.75, 3.05) is 0 Å². The third-order valence-electron chi connectivity index (χ3n) is 4.72. The Morgan fingerprint density at radius 2 is 2.04 bits per heavy atom. The van der Waals surface area contributed by atoms with E-state index in [4.69, 9.17) is 5.11 Å². The molecule has 1 aliphatic carbocycles. The Labute approximate surface area is 150 Å². The number of carbonyl (C=O) groups excluding carboxylic acids is 1. The molecule has 142 valence electrons. The maximum absolute atomic E-state index is 12.1. The molecule has 0 heterocycles. The predicted octanol–water partition coefficient (Wildman–Crippen LogP) is 3.25. The normalized spacial score (nSPS) is 25.2. The summed E-state index contributed by atoms with van der Waals surface area (Å²) >= 11 is 0. The second-order valence-electron chi connectivity index (χ2n) is 6.87. The number of rotatable bonds is 12. The summed E-state index contributed by atoms with van der Waals surface area (Å²) in [5.41, 5.74) is 0. The summed E-state index contributed by atoms with van der Waals surface area (Å²) in [5, 5.41) is 28.6. The second-order valence-corrected chi connectivity index (χ2v) is 6.87. The van der Waals surface area contributed by atoms with Crippen LogP contribution in [0.4, 0.5) is 0 Å². The smallest absolute Gasteiger partial charge is 0.303 e. The highest BCUT2D eigenvalue weighted by atomic mass is 16.4. The molecule has 5 heteroatoms. The lowest BCUT2D eigenvalue weighted by Crippen LogP contribution is -2.19. The van der Waals surface area contributed by atoms with Crippen LogP contribution in [0.2, 0.25) is 0 Å². The molecule has 0 aromatic heterocycles. The average Bonchev–Trinajstić information content (AvgIpc) is 2.81. The molecule has 0 bridgehead atoms. The molecular weight excluding hydrogens is 320 g/mol. The van der Waals surface area contributed by atoms with E-state index in [9.17, 15) is 19.8 Å². The summed E-state index contributed by atoms with van der Waals surface area (Å²) in [4.78, 5) is 22.6. The van der Waals surface area contributed by atoms with Gasteiger partial charge >= 0.3 is 5.97 Å². The number of carboxylic acid groups (broad SMARTS) is 1. The molecule has 1 aliphatic rings. The molecule has 0 spiro atoms. The van der Waals surface area contributed by atoms with Crippen molar-refractivity contribution in [3.05, 3.63) is 24.3 Å². The SMILES string of the molecule is CCCCC/C=C\C[C@@H]1[C@H](O)CC(=O)[C@@H]1/C=C/[C@@H](O)CCCC(=O)O. The Kier molecular flexibility index (Phi) is 10.3. The summed E-state index contributed by atoms with van der Waals surface area (Å²) in [6.07, 6.45) is 12.2. The van der Waals surface area contributed by atoms with E-state index in [0.717, 1.165) is 12.8 Å². The molecule has 1 fully saturated rings. The van der Waals surface area contributed by atoms with Gasteiger partial charge < -0.3 is 15.3 Å². The van der Waals surface area contributed by atoms with Crippen LogP contribution in [0, 0.1) is 11.8 Å². The van der Waals surface area contributed by atoms with Gasteiger partial charge in [-0.15, -0.1) is 0 Å². The van der Waals surface area contributed by atoms with Crippen molar-refractivity contribution < 1.29 is 24.9 Å². The van der Waals surface area contributed by atoms with E-state index in [1.54, 1.807) is 12.2 Å². The number of hydrogen-bond donors (Lipinski definition) is 3. The zero-order valence-corrected chi connectivity index (χ0v) is 15.1. The number of aliphatic carboxylic acids is 1. The monoisotopic (exact) mass is 352 g/mol. The number of carbonyl (C=O) groups is 2. The molecule has 25 heavy (non-hydrogen) atoms. The molecule has 3 N–H and O–H groups in total. The first-order chi connectivity index (χ1) is 12.0. The summed E-state index contributed by atoms with van der Waals surface area (Å²) in [5.74, 6) is -1.39. The van der Waals surface area contributed by atoms with Gasteiger partial charge in [0, 0.05) is 24.7 Å². The maximum Gasteiger partial charge on any atom is 0.303 e. The van der Waals surface area contributed by atoms with Gasteiger partial charge in [-0.25, -0.2) is 0 Å². The van der Waals surface area contributed by atoms with Crippen LogP contribution < -0.4 is 0 Å². The highest BCUT2D eigenvalue weighted by Gasteiger charge is 2.39. The van der Waals surface area contributed by atoms with E-state index in [-0.39, 0.29) is 30.5 Å². The van der Waals surface area contributed by atoms with Crippen molar-refractivity contribution in [1.29, 1.82) is 0 Å². The molecule has 0 radical (unpaired) electrons. The van der Waals surface area contributed by atoms with Crippen molar-refractivity contribution in [1.82, 2.24) is 0 Å². The van der Waals surface area contributed by atoms with Crippen molar-refractivity contribution in [3.8, 4) is 0 Å². The highest BCUT2D eigenvalue weighted by Crippen LogP contribution is 2.33. The van der Waals surface area contributed by atoms with Crippen LogP contribution in [0.25, 0.3) is 0 Å². The number of aliphatic hydroxyl groups is 2. The Morgan fingerprint density at radius 1 is 1.28 bits per heavy atom. The third-order valence-corrected chi connectivity index (χ3v) is 4.72. The van der Waals surface area contributed by atoms with Gasteiger partial charge in [0.05, 0.1) is 12.2 Å². The molecule has 0 amide bonds. The quantitative estimate of drug-likeness (QED) is 0.370. The van der Waals surface area contributed by atoms with Gasteiger partial charge in [-0.05, 0) is 32.1 Å². The van der Waals surface area contributed by atoms with E-state index in [2.05, 4.69) is 13.0 Å². The van der Waals surface area contributed by atoms with Gasteiger partial charge in [-0.1, -0.05) is 44.1 Å². The highest BCUT2D eigenvalue weighted by molar-refractivity contribution is 5.86. The Morgan fingerprint density at radius 3 is 2.72 bits per heavy atom. The van der Waals surface area contributed by atoms with Crippen LogP contribution in [0.5, 0.6) is 0 Å². The standard InChI is InChI=1S/C20H32O5/c1-2-3-4-5-6-7-10-16-17(19(23)14-18(16)22)13-12-15(21)9-8-11-20(24)25/h6-7,12-13,15-18,21-22H,2-5,8-11,14H2,1H3,(H,24,25)/b7-6-,13-12+/t15-,16-,17+,18+/m0/s1. The Bertz CT molecular complexity index is 469. The van der Waals surface area contributed by atoms with E-state index < -0.39 is 18.2 Å². The van der Waals surface area contributed by atoms with E-state index >= 15 is 0 Å². The molecule has 1 rings (SSSR count). The number of hydrogen-bond acceptors (Lipinski definition) is 4. The van der Waals surface area contributed by atoms with Crippen LogP contribution in [-0.2, 0) is 9.59 Å². The third kappa shape index (κ3) is 8.45. The largest absolute Gasteiger partial charge is 0.481 e. The van der Waals surface area contributed by atoms with Crippen LogP contribution in [0.15, 0.2) is 24.3 Å². The van der Waals surface area contributed by atoms with Gasteiger partial charge in [-0.2, -0.15) is 0 Å². The molecule has 5 nitrogen and oxygen atoms in total. The minimum atomic E-state index is -0.879. The topological polar surface area (TPSA) is 94.8 Å². The number of unbranched alkanes of at least 4 members (excludes halogenated alkanes) is 3. The molecule has 0 aliphatic heterocycles. The Balaban J connectivity index is 2.49. The van der Waals surface area contributed by atoms with Crippen molar-refractivity contribution in [2.24, 2.45) is 11.8 Å². The molecule has 4 atom stereocenters. The summed E-state index contributed by atoms with van der Waals surface area (Å²) in [6, 6.07) is 0. The number of carboxylic acids is 1. The fourth-order valence-electron chi connectivity index (χ4n) is 3.22. The second kappa shape index (κ2) is 12.0. The summed E-state index contributed by atoms with van der Waals surface area (Å²) < 4.78 is 0. The van der Waals surface area contributed by atoms with Gasteiger partial charge in [0.1, 0.15) is 5.78 Å². The molecule has 0 saturated heterocycles. The van der Waals surface area contributed by atoms with E-state index in [1.807, 2.05) is 6.08 Å². The zero-order chi connectivity index (χ0) is 18.7. The first kappa shape index (κ1) is 21.6. The summed E-state index contributed by atoms with van der Waals surface area (Å²) in [6.45, 7) is 2.16. The number of aliphatic hydroxyl groups excluding tert-OH is 2. The molecule has 0 unspecified atom stereocenters. The van der Waals surface area contributed by atoms with Crippen LogP contribution in [0.3, 0.4) is 0 Å². The number of allylic oxidation sites excluding steroid dienone is 3. The maximum atomic E-state index is 12.1. The van der Waals surface area contributed by atoms with Gasteiger partial charge in [-0.3, -0.25) is 9.59 Å². The lowest BCUT2D eigenvalue weighted by atomic mass is 9.90. The van der Waals surface area contributed by atoms with Crippen LogP contribution in [-0.4, -0.2) is 39.3 Å². The molecular formula is C20H32O5. The fraction of sp³-hybridized carbons (Fsp3) is 0.700. The van der Waals surface area contributed by atoms with Crippen LogP contribution >= 0.6 is 0 Å². The average molecular weight is 352 g/mol. The van der Waals surface area contributed by atoms with Crippen molar-refractivity contribution >= 4 is 11.8 Å². The van der Waals surface area contributed by atoms with Crippen LogP contribution in [0.1, 0.15) is 64.7 Å².